The molecule has 2 nitrogen and oxygen atoms in total. The molecule has 0 N–H and O–H groups in total. The lowest BCUT2D eigenvalue weighted by atomic mass is 10.2. The van der Waals surface area contributed by atoms with E-state index in [-0.39, 0.29) is 17.3 Å². The predicted octanol–water partition coefficient (Wildman–Crippen LogP) is 1.90. The Morgan fingerprint density at radius 1 is 1.55 bits per heavy atom. The van der Waals surface area contributed by atoms with Crippen molar-refractivity contribution in [3.63, 3.8) is 0 Å². The molecule has 0 atom stereocenters. The van der Waals surface area contributed by atoms with E-state index >= 15 is 0 Å². The van der Waals surface area contributed by atoms with E-state index in [2.05, 4.69) is 0 Å². The molecule has 60 valence electrons. The monoisotopic (exact) mass is 170 g/mol. The lowest BCUT2D eigenvalue weighted by molar-refractivity contribution is -0.119. The van der Waals surface area contributed by atoms with Crippen LogP contribution in [0.2, 0.25) is 0 Å². The zero-order valence-electron chi connectivity index (χ0n) is 6.42. The van der Waals surface area contributed by atoms with Gasteiger partial charge in [-0.2, -0.15) is 0 Å². The van der Waals surface area contributed by atoms with Gasteiger partial charge in [0, 0.05) is 0 Å². The van der Waals surface area contributed by atoms with Gasteiger partial charge in [0.25, 0.3) is 0 Å². The number of hydrogen-bond acceptors (Lipinski definition) is 3. The van der Waals surface area contributed by atoms with E-state index < -0.39 is 0 Å². The fraction of sp³-hybridized carbons (Fsp3) is 0.500. The van der Waals surface area contributed by atoms with E-state index in [1.54, 1.807) is 0 Å². The van der Waals surface area contributed by atoms with Crippen LogP contribution < -0.4 is 0 Å². The summed E-state index contributed by atoms with van der Waals surface area (Å²) in [7, 11) is 0. The molecule has 1 rings (SSSR count). The first-order chi connectivity index (χ1) is 5.24. The van der Waals surface area contributed by atoms with Gasteiger partial charge in [-0.1, -0.05) is 19.4 Å². The van der Waals surface area contributed by atoms with Gasteiger partial charge in [0.05, 0.1) is 11.3 Å². The average Bonchev–Trinajstić information content (AvgIpc) is 2.26. The van der Waals surface area contributed by atoms with Crippen LogP contribution in [0.15, 0.2) is 11.0 Å². The van der Waals surface area contributed by atoms with Gasteiger partial charge in [-0.3, -0.25) is 9.59 Å². The normalized spacial score (nSPS) is 21.7. The predicted molar refractivity (Wildman–Crippen MR) is 45.2 cm³/mol. The molecule has 0 radical (unpaired) electrons. The highest BCUT2D eigenvalue weighted by Crippen LogP contribution is 2.28. The van der Waals surface area contributed by atoms with Crippen molar-refractivity contribution in [2.75, 3.05) is 0 Å². The molecular formula is C8H10O2S. The van der Waals surface area contributed by atoms with Crippen LogP contribution in [0.3, 0.4) is 0 Å². The Hall–Kier alpha value is -0.570. The molecule has 0 aromatic rings. The SMILES string of the molecule is CCCC=C1SC(=O)CC1=O. The van der Waals surface area contributed by atoms with Gasteiger partial charge >= 0.3 is 0 Å². The number of thioether (sulfide) groups is 1. The average molecular weight is 170 g/mol. The van der Waals surface area contributed by atoms with Gasteiger partial charge in [-0.05, 0) is 18.2 Å². The van der Waals surface area contributed by atoms with Crippen LogP contribution in [0.5, 0.6) is 0 Å². The standard InChI is InChI=1S/C8H10O2S/c1-2-3-4-7-6(9)5-8(10)11-7/h4H,2-3,5H2,1H3. The Balaban J connectivity index is 2.59. The third-order valence-corrected chi connectivity index (χ3v) is 2.41. The van der Waals surface area contributed by atoms with Crippen molar-refractivity contribution < 1.29 is 9.59 Å². The molecule has 0 spiro atoms. The maximum atomic E-state index is 11.0. The molecule has 1 aliphatic heterocycles. The zero-order chi connectivity index (χ0) is 8.27. The zero-order valence-corrected chi connectivity index (χ0v) is 7.24. The second kappa shape index (κ2) is 3.72. The third-order valence-electron chi connectivity index (χ3n) is 1.42. The van der Waals surface area contributed by atoms with Crippen molar-refractivity contribution in [1.82, 2.24) is 0 Å². The number of Topliss-reactive ketones (excluding diaryl/α,β-unsaturated/α-hetero) is 1. The Bertz CT molecular complexity index is 218. The molecular weight excluding hydrogens is 160 g/mol. The topological polar surface area (TPSA) is 34.1 Å². The number of carbonyl (C=O) groups is 2. The molecule has 1 aliphatic rings. The van der Waals surface area contributed by atoms with Gasteiger partial charge in [0.15, 0.2) is 5.78 Å². The Morgan fingerprint density at radius 2 is 2.27 bits per heavy atom. The first-order valence-electron chi connectivity index (χ1n) is 3.68. The number of rotatable bonds is 2. The minimum atomic E-state index is -0.0163. The number of allylic oxidation sites excluding steroid dienone is 2. The van der Waals surface area contributed by atoms with Gasteiger partial charge in [-0.25, -0.2) is 0 Å². The van der Waals surface area contributed by atoms with Crippen molar-refractivity contribution >= 4 is 22.7 Å². The smallest absolute Gasteiger partial charge is 0.201 e. The molecule has 0 unspecified atom stereocenters. The highest BCUT2D eigenvalue weighted by atomic mass is 32.2. The Labute approximate surface area is 70.0 Å². The number of hydrogen-bond donors (Lipinski definition) is 0. The first-order valence-corrected chi connectivity index (χ1v) is 4.49. The minimum Gasteiger partial charge on any atom is -0.293 e. The van der Waals surface area contributed by atoms with Crippen LogP contribution in [0.25, 0.3) is 0 Å². The van der Waals surface area contributed by atoms with Crippen molar-refractivity contribution in [1.29, 1.82) is 0 Å². The summed E-state index contributed by atoms with van der Waals surface area (Å²) in [4.78, 5) is 22.4. The molecule has 1 heterocycles. The Kier molecular flexibility index (Phi) is 2.88. The van der Waals surface area contributed by atoms with Crippen molar-refractivity contribution in [3.05, 3.63) is 11.0 Å². The highest BCUT2D eigenvalue weighted by Gasteiger charge is 2.24. The maximum Gasteiger partial charge on any atom is 0.201 e. The summed E-state index contributed by atoms with van der Waals surface area (Å²) in [5, 5.41) is -0.0163. The van der Waals surface area contributed by atoms with Crippen LogP contribution in [0.4, 0.5) is 0 Å². The molecule has 1 saturated heterocycles. The van der Waals surface area contributed by atoms with Crippen LogP contribution in [-0.2, 0) is 9.59 Å². The van der Waals surface area contributed by atoms with E-state index in [9.17, 15) is 9.59 Å². The minimum absolute atomic E-state index is 0.00606. The van der Waals surface area contributed by atoms with Gasteiger partial charge in [-0.15, -0.1) is 0 Å². The quantitative estimate of drug-likeness (QED) is 0.469. The molecule has 0 aliphatic carbocycles. The summed E-state index contributed by atoms with van der Waals surface area (Å²) >= 11 is 1.09. The van der Waals surface area contributed by atoms with E-state index in [1.165, 1.54) is 0 Å². The van der Waals surface area contributed by atoms with Crippen LogP contribution in [-0.4, -0.2) is 10.9 Å². The largest absolute Gasteiger partial charge is 0.293 e. The Morgan fingerprint density at radius 3 is 2.73 bits per heavy atom. The van der Waals surface area contributed by atoms with E-state index in [4.69, 9.17) is 0 Å². The maximum absolute atomic E-state index is 11.0. The van der Waals surface area contributed by atoms with Crippen molar-refractivity contribution in [2.45, 2.75) is 26.2 Å². The van der Waals surface area contributed by atoms with Gasteiger partial charge in [0.1, 0.15) is 0 Å². The molecule has 0 aromatic carbocycles. The first kappa shape index (κ1) is 8.53. The lowest BCUT2D eigenvalue weighted by Crippen LogP contribution is -1.91. The molecule has 0 bridgehead atoms. The van der Waals surface area contributed by atoms with Crippen molar-refractivity contribution in [3.8, 4) is 0 Å². The van der Waals surface area contributed by atoms with Gasteiger partial charge < -0.3 is 0 Å². The fourth-order valence-electron chi connectivity index (χ4n) is 0.865. The molecule has 0 amide bonds. The summed E-state index contributed by atoms with van der Waals surface area (Å²) in [6, 6.07) is 0. The van der Waals surface area contributed by atoms with E-state index in [1.807, 2.05) is 13.0 Å². The summed E-state index contributed by atoms with van der Waals surface area (Å²) in [6.07, 6.45) is 3.87. The summed E-state index contributed by atoms with van der Waals surface area (Å²) < 4.78 is 0. The van der Waals surface area contributed by atoms with E-state index in [0.717, 1.165) is 24.6 Å². The summed E-state index contributed by atoms with van der Waals surface area (Å²) in [5.74, 6) is -0.00606. The summed E-state index contributed by atoms with van der Waals surface area (Å²) in [6.45, 7) is 2.04. The molecule has 0 saturated carbocycles. The second-order valence-corrected chi connectivity index (χ2v) is 3.53. The lowest BCUT2D eigenvalue weighted by Gasteiger charge is -1.89. The number of carbonyl (C=O) groups excluding carboxylic acids is 2. The molecule has 1 fully saturated rings. The number of unbranched alkanes of at least 4 members (excludes halogenated alkanes) is 1. The number of ketones is 1. The van der Waals surface area contributed by atoms with Gasteiger partial charge in [0.2, 0.25) is 5.12 Å². The fourth-order valence-corrected chi connectivity index (χ4v) is 1.70. The van der Waals surface area contributed by atoms with Crippen molar-refractivity contribution in [2.24, 2.45) is 0 Å². The van der Waals surface area contributed by atoms with E-state index in [0.29, 0.717) is 4.91 Å². The molecule has 11 heavy (non-hydrogen) atoms. The molecule has 0 aromatic heterocycles. The summed E-state index contributed by atoms with van der Waals surface area (Å²) in [5.41, 5.74) is 0. The van der Waals surface area contributed by atoms with Crippen LogP contribution in [0.1, 0.15) is 26.2 Å². The third kappa shape index (κ3) is 2.19. The van der Waals surface area contributed by atoms with Crippen LogP contribution >= 0.6 is 11.8 Å². The molecule has 3 heteroatoms. The highest BCUT2D eigenvalue weighted by molar-refractivity contribution is 8.18. The second-order valence-electron chi connectivity index (χ2n) is 2.43. The van der Waals surface area contributed by atoms with Crippen LogP contribution in [0, 0.1) is 0 Å².